The van der Waals surface area contributed by atoms with Gasteiger partial charge in [0, 0.05) is 25.3 Å². The first-order chi connectivity index (χ1) is 10.2. The van der Waals surface area contributed by atoms with Gasteiger partial charge in [0.1, 0.15) is 0 Å². The molecule has 2 fully saturated rings. The third-order valence-corrected chi connectivity index (χ3v) is 4.85. The number of carbonyl (C=O) groups is 1. The maximum absolute atomic E-state index is 11.4. The van der Waals surface area contributed by atoms with Crippen molar-refractivity contribution < 1.29 is 9.53 Å². The van der Waals surface area contributed by atoms with E-state index < -0.39 is 0 Å². The van der Waals surface area contributed by atoms with Crippen LogP contribution in [-0.2, 0) is 11.3 Å². The highest BCUT2D eigenvalue weighted by Crippen LogP contribution is 2.34. The van der Waals surface area contributed by atoms with Crippen LogP contribution in [0.1, 0.15) is 29.4 Å². The zero-order chi connectivity index (χ0) is 14.8. The molecule has 0 saturated carbocycles. The van der Waals surface area contributed by atoms with Crippen LogP contribution < -0.4 is 5.32 Å². The Kier molecular flexibility index (Phi) is 4.22. The standard InChI is InChI=1S/C16H23N3O2/c1-3-15-14-8-17-6-12(14)9-19(15)10-13-5-4-11(7-18-13)16(20)21-2/h4-5,7,12,14-15,17H,3,6,8-10H2,1-2H3. The zero-order valence-electron chi connectivity index (χ0n) is 12.7. The molecule has 1 aromatic rings. The number of rotatable bonds is 4. The lowest BCUT2D eigenvalue weighted by Crippen LogP contribution is -2.34. The van der Waals surface area contributed by atoms with Crippen molar-refractivity contribution in [2.45, 2.75) is 25.9 Å². The Labute approximate surface area is 125 Å². The van der Waals surface area contributed by atoms with Crippen molar-refractivity contribution >= 4 is 5.97 Å². The van der Waals surface area contributed by atoms with Gasteiger partial charge >= 0.3 is 5.97 Å². The summed E-state index contributed by atoms with van der Waals surface area (Å²) in [5.74, 6) is 1.23. The number of methoxy groups -OCH3 is 1. The molecule has 3 unspecified atom stereocenters. The molecule has 114 valence electrons. The molecule has 2 aliphatic heterocycles. The number of aromatic nitrogens is 1. The van der Waals surface area contributed by atoms with Crippen LogP contribution in [-0.4, -0.2) is 48.6 Å². The molecule has 0 aliphatic carbocycles. The summed E-state index contributed by atoms with van der Waals surface area (Å²) < 4.78 is 4.70. The first kappa shape index (κ1) is 14.5. The highest BCUT2D eigenvalue weighted by molar-refractivity contribution is 5.88. The van der Waals surface area contributed by atoms with Crippen LogP contribution in [0.15, 0.2) is 18.3 Å². The van der Waals surface area contributed by atoms with Crippen LogP contribution in [0.4, 0.5) is 0 Å². The highest BCUT2D eigenvalue weighted by Gasteiger charge is 2.42. The third kappa shape index (κ3) is 2.80. The van der Waals surface area contributed by atoms with Gasteiger partial charge in [-0.1, -0.05) is 6.92 Å². The summed E-state index contributed by atoms with van der Waals surface area (Å²) in [7, 11) is 1.39. The number of carbonyl (C=O) groups excluding carboxylic acids is 1. The maximum atomic E-state index is 11.4. The number of ether oxygens (including phenoxy) is 1. The first-order valence-electron chi connectivity index (χ1n) is 7.71. The average molecular weight is 289 g/mol. The van der Waals surface area contributed by atoms with E-state index in [-0.39, 0.29) is 5.97 Å². The van der Waals surface area contributed by atoms with Gasteiger partial charge in [0.25, 0.3) is 0 Å². The number of nitrogens with one attached hydrogen (secondary N) is 1. The normalized spacial score (nSPS) is 28.6. The van der Waals surface area contributed by atoms with E-state index in [1.165, 1.54) is 13.5 Å². The zero-order valence-corrected chi connectivity index (χ0v) is 12.7. The molecule has 3 heterocycles. The summed E-state index contributed by atoms with van der Waals surface area (Å²) in [5.41, 5.74) is 1.53. The van der Waals surface area contributed by atoms with Gasteiger partial charge in [-0.15, -0.1) is 0 Å². The van der Waals surface area contributed by atoms with Crippen LogP contribution >= 0.6 is 0 Å². The molecule has 0 bridgehead atoms. The van der Waals surface area contributed by atoms with E-state index in [0.717, 1.165) is 43.7 Å². The van der Waals surface area contributed by atoms with Crippen LogP contribution in [0.3, 0.4) is 0 Å². The number of fused-ring (bicyclic) bond motifs is 1. The fourth-order valence-electron chi connectivity index (χ4n) is 3.82. The Morgan fingerprint density at radius 1 is 1.48 bits per heavy atom. The first-order valence-corrected chi connectivity index (χ1v) is 7.71. The van der Waals surface area contributed by atoms with Crippen molar-refractivity contribution in [3.05, 3.63) is 29.6 Å². The average Bonchev–Trinajstić information content (AvgIpc) is 3.07. The van der Waals surface area contributed by atoms with Gasteiger partial charge < -0.3 is 10.1 Å². The summed E-state index contributed by atoms with van der Waals surface area (Å²) in [6.07, 6.45) is 2.80. The lowest BCUT2D eigenvalue weighted by molar-refractivity contribution is 0.0600. The van der Waals surface area contributed by atoms with Crippen LogP contribution in [0.2, 0.25) is 0 Å². The molecular weight excluding hydrogens is 266 g/mol. The van der Waals surface area contributed by atoms with E-state index in [0.29, 0.717) is 11.6 Å². The molecule has 5 nitrogen and oxygen atoms in total. The monoisotopic (exact) mass is 289 g/mol. The molecule has 0 amide bonds. The second-order valence-corrected chi connectivity index (χ2v) is 6.02. The Morgan fingerprint density at radius 3 is 3.00 bits per heavy atom. The number of nitrogens with zero attached hydrogens (tertiary/aromatic N) is 2. The predicted molar refractivity (Wildman–Crippen MR) is 79.9 cm³/mol. The molecule has 3 atom stereocenters. The SMILES string of the molecule is CCC1C2CNCC2CN1Cc1ccc(C(=O)OC)cn1. The van der Waals surface area contributed by atoms with E-state index in [4.69, 9.17) is 4.74 Å². The fourth-order valence-corrected chi connectivity index (χ4v) is 3.82. The molecular formula is C16H23N3O2. The van der Waals surface area contributed by atoms with Crippen molar-refractivity contribution in [1.29, 1.82) is 0 Å². The summed E-state index contributed by atoms with van der Waals surface area (Å²) in [4.78, 5) is 18.4. The molecule has 3 rings (SSSR count). The number of esters is 1. The van der Waals surface area contributed by atoms with E-state index in [1.54, 1.807) is 12.3 Å². The molecule has 2 aliphatic rings. The summed E-state index contributed by atoms with van der Waals surface area (Å²) in [6, 6.07) is 4.38. The summed E-state index contributed by atoms with van der Waals surface area (Å²) >= 11 is 0. The van der Waals surface area contributed by atoms with Crippen LogP contribution in [0.5, 0.6) is 0 Å². The predicted octanol–water partition coefficient (Wildman–Crippen LogP) is 1.30. The molecule has 2 saturated heterocycles. The van der Waals surface area contributed by atoms with Crippen molar-refractivity contribution in [1.82, 2.24) is 15.2 Å². The van der Waals surface area contributed by atoms with Gasteiger partial charge in [-0.3, -0.25) is 9.88 Å². The minimum Gasteiger partial charge on any atom is -0.465 e. The van der Waals surface area contributed by atoms with Gasteiger partial charge in [-0.05, 0) is 43.5 Å². The van der Waals surface area contributed by atoms with E-state index >= 15 is 0 Å². The van der Waals surface area contributed by atoms with Crippen molar-refractivity contribution in [3.8, 4) is 0 Å². The lowest BCUT2D eigenvalue weighted by atomic mass is 9.93. The molecule has 0 radical (unpaired) electrons. The minimum absolute atomic E-state index is 0.331. The van der Waals surface area contributed by atoms with E-state index in [9.17, 15) is 4.79 Å². The lowest BCUT2D eigenvalue weighted by Gasteiger charge is -2.26. The van der Waals surface area contributed by atoms with Crippen molar-refractivity contribution in [3.63, 3.8) is 0 Å². The molecule has 5 heteroatoms. The van der Waals surface area contributed by atoms with Crippen molar-refractivity contribution in [2.24, 2.45) is 11.8 Å². The Balaban J connectivity index is 1.67. The number of hydrogen-bond donors (Lipinski definition) is 1. The molecule has 1 N–H and O–H groups in total. The molecule has 0 aromatic carbocycles. The molecule has 0 spiro atoms. The smallest absolute Gasteiger partial charge is 0.339 e. The summed E-state index contributed by atoms with van der Waals surface area (Å²) in [6.45, 7) is 6.58. The van der Waals surface area contributed by atoms with E-state index in [1.807, 2.05) is 6.07 Å². The largest absolute Gasteiger partial charge is 0.465 e. The highest BCUT2D eigenvalue weighted by atomic mass is 16.5. The van der Waals surface area contributed by atoms with Crippen molar-refractivity contribution in [2.75, 3.05) is 26.7 Å². The Bertz CT molecular complexity index is 503. The van der Waals surface area contributed by atoms with E-state index in [2.05, 4.69) is 22.1 Å². The summed E-state index contributed by atoms with van der Waals surface area (Å²) in [5, 5.41) is 3.51. The van der Waals surface area contributed by atoms with Gasteiger partial charge in [0.05, 0.1) is 18.4 Å². The Hall–Kier alpha value is -1.46. The van der Waals surface area contributed by atoms with Gasteiger partial charge in [0.15, 0.2) is 0 Å². The number of likely N-dealkylation sites (tertiary alicyclic amines) is 1. The number of hydrogen-bond acceptors (Lipinski definition) is 5. The maximum Gasteiger partial charge on any atom is 0.339 e. The van der Waals surface area contributed by atoms with Crippen LogP contribution in [0.25, 0.3) is 0 Å². The topological polar surface area (TPSA) is 54.5 Å². The molecule has 1 aromatic heterocycles. The second kappa shape index (κ2) is 6.12. The molecule has 21 heavy (non-hydrogen) atoms. The third-order valence-electron chi connectivity index (χ3n) is 4.85. The van der Waals surface area contributed by atoms with Gasteiger partial charge in [-0.25, -0.2) is 4.79 Å². The minimum atomic E-state index is -0.331. The Morgan fingerprint density at radius 2 is 2.33 bits per heavy atom. The van der Waals surface area contributed by atoms with Gasteiger partial charge in [-0.2, -0.15) is 0 Å². The van der Waals surface area contributed by atoms with Crippen LogP contribution in [0, 0.1) is 11.8 Å². The quantitative estimate of drug-likeness (QED) is 0.847. The fraction of sp³-hybridized carbons (Fsp3) is 0.625. The van der Waals surface area contributed by atoms with Gasteiger partial charge in [0.2, 0.25) is 0 Å². The number of pyridine rings is 1. The second-order valence-electron chi connectivity index (χ2n) is 6.02.